The molecule has 1 aliphatic rings. The van der Waals surface area contributed by atoms with Gasteiger partial charge < -0.3 is 29.6 Å². The first-order valence-electron chi connectivity index (χ1n) is 12.1. The Morgan fingerprint density at radius 3 is 2.74 bits per heavy atom. The first kappa shape index (κ1) is 25.4. The Morgan fingerprint density at radius 2 is 2.00 bits per heavy atom. The molecule has 38 heavy (non-hydrogen) atoms. The number of methoxy groups -OCH3 is 2. The Balaban J connectivity index is 1.58. The van der Waals surface area contributed by atoms with E-state index in [1.54, 1.807) is 19.5 Å². The van der Waals surface area contributed by atoms with Gasteiger partial charge >= 0.3 is 0 Å². The number of amides is 1. The van der Waals surface area contributed by atoms with Gasteiger partial charge in [0.25, 0.3) is 0 Å². The summed E-state index contributed by atoms with van der Waals surface area (Å²) in [6.45, 7) is 0.590. The summed E-state index contributed by atoms with van der Waals surface area (Å²) in [6.07, 6.45) is 7.48. The summed E-state index contributed by atoms with van der Waals surface area (Å²) < 4.78 is 12.7. The molecule has 10 heteroatoms. The van der Waals surface area contributed by atoms with E-state index in [1.807, 2.05) is 54.7 Å². The average molecular weight is 529 g/mol. The highest BCUT2D eigenvalue weighted by Gasteiger charge is 2.42. The number of hydrogen-bond acceptors (Lipinski definition) is 6. The van der Waals surface area contributed by atoms with E-state index < -0.39 is 0 Å². The lowest BCUT2D eigenvalue weighted by atomic mass is 10.0. The Kier molecular flexibility index (Phi) is 7.62. The molecule has 0 aliphatic carbocycles. The normalized spacial score (nSPS) is 16.8. The second-order valence-corrected chi connectivity index (χ2v) is 9.17. The molecule has 1 aromatic carbocycles. The standard InChI is InChI=1S/C28H28N6O3S/c1-36-18-25(35)31-22-15-20(10-11-24(22)37-2)34-27(26(32-28(34)38)21-8-3-4-13-30-21)23-9-6-14-33(23)17-19-7-5-12-29-16-19/h3-16,26-27H,17-18H2,1-2H3,(H,31,35)(H,32,38)/t26-,27-/m1/s1. The SMILES string of the molecule is COCC(=O)Nc1cc(N2C(=S)N[C@H](c3ccccn3)[C@H]2c2cccn2Cc2cccnc2)ccc1OC. The molecule has 1 fully saturated rings. The number of aromatic nitrogens is 3. The minimum Gasteiger partial charge on any atom is -0.495 e. The minimum atomic E-state index is -0.279. The van der Waals surface area contributed by atoms with Crippen molar-refractivity contribution in [2.75, 3.05) is 31.0 Å². The Morgan fingerprint density at radius 1 is 1.11 bits per heavy atom. The number of anilines is 2. The molecule has 0 spiro atoms. The number of nitrogens with one attached hydrogen (secondary N) is 2. The molecule has 5 rings (SSSR count). The molecule has 0 unspecified atom stereocenters. The molecule has 1 amide bonds. The molecule has 2 N–H and O–H groups in total. The minimum absolute atomic E-state index is 0.0662. The molecule has 0 bridgehead atoms. The molecule has 4 aromatic rings. The van der Waals surface area contributed by atoms with Gasteiger partial charge in [0.15, 0.2) is 5.11 Å². The summed E-state index contributed by atoms with van der Waals surface area (Å²) in [7, 11) is 3.04. The molecule has 194 valence electrons. The number of benzene rings is 1. The number of thiocarbonyl (C=S) groups is 1. The van der Waals surface area contributed by atoms with Gasteiger partial charge in [-0.2, -0.15) is 0 Å². The van der Waals surface area contributed by atoms with Gasteiger partial charge in [-0.05, 0) is 66.3 Å². The first-order valence-corrected chi connectivity index (χ1v) is 12.5. The number of ether oxygens (including phenoxy) is 2. The quantitative estimate of drug-likeness (QED) is 0.314. The lowest BCUT2D eigenvalue weighted by Crippen LogP contribution is -2.30. The summed E-state index contributed by atoms with van der Waals surface area (Å²) in [5.41, 5.74) is 4.34. The van der Waals surface area contributed by atoms with Crippen LogP contribution in [0.15, 0.2) is 85.5 Å². The molecule has 1 saturated heterocycles. The highest BCUT2D eigenvalue weighted by atomic mass is 32.1. The van der Waals surface area contributed by atoms with Gasteiger partial charge in [0.2, 0.25) is 5.91 Å². The Hall–Kier alpha value is -4.28. The van der Waals surface area contributed by atoms with Gasteiger partial charge in [0, 0.05) is 49.8 Å². The molecule has 1 aliphatic heterocycles. The molecule has 0 saturated carbocycles. The number of carbonyl (C=O) groups is 1. The highest BCUT2D eigenvalue weighted by molar-refractivity contribution is 7.80. The van der Waals surface area contributed by atoms with Crippen LogP contribution < -0.4 is 20.3 Å². The number of carbonyl (C=O) groups excluding carboxylic acids is 1. The Labute approximate surface area is 226 Å². The van der Waals surface area contributed by atoms with Crippen molar-refractivity contribution in [2.24, 2.45) is 0 Å². The summed E-state index contributed by atoms with van der Waals surface area (Å²) >= 11 is 5.89. The zero-order valence-electron chi connectivity index (χ0n) is 21.1. The molecule has 3 aromatic heterocycles. The largest absolute Gasteiger partial charge is 0.495 e. The van der Waals surface area contributed by atoms with Crippen LogP contribution in [0.1, 0.15) is 29.0 Å². The van der Waals surface area contributed by atoms with Crippen molar-refractivity contribution in [2.45, 2.75) is 18.6 Å². The number of nitrogens with zero attached hydrogens (tertiary/aromatic N) is 4. The van der Waals surface area contributed by atoms with Crippen LogP contribution in [-0.2, 0) is 16.1 Å². The molecule has 2 atom stereocenters. The van der Waals surface area contributed by atoms with E-state index in [9.17, 15) is 4.79 Å². The van der Waals surface area contributed by atoms with Crippen LogP contribution in [-0.4, -0.2) is 46.4 Å². The third-order valence-electron chi connectivity index (χ3n) is 6.35. The molecule has 4 heterocycles. The second kappa shape index (κ2) is 11.4. The van der Waals surface area contributed by atoms with E-state index in [2.05, 4.69) is 48.4 Å². The van der Waals surface area contributed by atoms with E-state index in [0.717, 1.165) is 22.6 Å². The molecular weight excluding hydrogens is 500 g/mol. The molecule has 9 nitrogen and oxygen atoms in total. The predicted molar refractivity (Wildman–Crippen MR) is 149 cm³/mol. The maximum Gasteiger partial charge on any atom is 0.250 e. The van der Waals surface area contributed by atoms with Crippen molar-refractivity contribution in [3.05, 3.63) is 102 Å². The van der Waals surface area contributed by atoms with Gasteiger partial charge in [-0.3, -0.25) is 14.8 Å². The zero-order chi connectivity index (χ0) is 26.5. The van der Waals surface area contributed by atoms with E-state index >= 15 is 0 Å². The second-order valence-electron chi connectivity index (χ2n) is 8.78. The van der Waals surface area contributed by atoms with E-state index in [1.165, 1.54) is 7.11 Å². The van der Waals surface area contributed by atoms with Crippen LogP contribution in [0.4, 0.5) is 11.4 Å². The van der Waals surface area contributed by atoms with Crippen molar-refractivity contribution in [3.63, 3.8) is 0 Å². The van der Waals surface area contributed by atoms with E-state index in [4.69, 9.17) is 21.7 Å². The lowest BCUT2D eigenvalue weighted by Gasteiger charge is -2.29. The lowest BCUT2D eigenvalue weighted by molar-refractivity contribution is -0.119. The van der Waals surface area contributed by atoms with Gasteiger partial charge in [0.05, 0.1) is 24.5 Å². The number of rotatable bonds is 9. The van der Waals surface area contributed by atoms with Gasteiger partial charge in [-0.25, -0.2) is 0 Å². The maximum atomic E-state index is 12.3. The smallest absolute Gasteiger partial charge is 0.250 e. The van der Waals surface area contributed by atoms with Crippen LogP contribution in [0.2, 0.25) is 0 Å². The zero-order valence-corrected chi connectivity index (χ0v) is 21.9. The van der Waals surface area contributed by atoms with E-state index in [0.29, 0.717) is 23.1 Å². The van der Waals surface area contributed by atoms with Crippen LogP contribution in [0.3, 0.4) is 0 Å². The topological polar surface area (TPSA) is 93.5 Å². The monoisotopic (exact) mass is 528 g/mol. The maximum absolute atomic E-state index is 12.3. The third kappa shape index (κ3) is 5.22. The fourth-order valence-electron chi connectivity index (χ4n) is 4.72. The van der Waals surface area contributed by atoms with E-state index in [-0.39, 0.29) is 24.6 Å². The van der Waals surface area contributed by atoms with Gasteiger partial charge in [-0.1, -0.05) is 12.1 Å². The van der Waals surface area contributed by atoms with Crippen LogP contribution in [0, 0.1) is 0 Å². The van der Waals surface area contributed by atoms with Crippen molar-refractivity contribution in [1.82, 2.24) is 19.9 Å². The van der Waals surface area contributed by atoms with Crippen molar-refractivity contribution < 1.29 is 14.3 Å². The molecule has 0 radical (unpaired) electrons. The van der Waals surface area contributed by atoms with Crippen LogP contribution >= 0.6 is 12.2 Å². The third-order valence-corrected chi connectivity index (χ3v) is 6.67. The fourth-order valence-corrected chi connectivity index (χ4v) is 5.07. The summed E-state index contributed by atoms with van der Waals surface area (Å²) in [6, 6.07) is 19.2. The highest BCUT2D eigenvalue weighted by Crippen LogP contribution is 2.43. The van der Waals surface area contributed by atoms with Crippen molar-refractivity contribution >= 4 is 34.6 Å². The Bertz CT molecular complexity index is 1410. The number of hydrogen-bond donors (Lipinski definition) is 2. The van der Waals surface area contributed by atoms with Crippen molar-refractivity contribution in [3.8, 4) is 5.75 Å². The average Bonchev–Trinajstić information content (AvgIpc) is 3.53. The van der Waals surface area contributed by atoms with Crippen molar-refractivity contribution in [1.29, 1.82) is 0 Å². The summed E-state index contributed by atoms with van der Waals surface area (Å²) in [5.74, 6) is 0.257. The predicted octanol–water partition coefficient (Wildman–Crippen LogP) is 4.10. The van der Waals surface area contributed by atoms with Gasteiger partial charge in [0.1, 0.15) is 18.4 Å². The first-order chi connectivity index (χ1) is 18.6. The fraction of sp³-hybridized carbons (Fsp3) is 0.214. The number of pyridine rings is 2. The summed E-state index contributed by atoms with van der Waals surface area (Å²) in [4.78, 5) is 23.3. The summed E-state index contributed by atoms with van der Waals surface area (Å²) in [5, 5.41) is 6.92. The molecular formula is C28H28N6O3S. The van der Waals surface area contributed by atoms with Crippen LogP contribution in [0.25, 0.3) is 0 Å². The van der Waals surface area contributed by atoms with Gasteiger partial charge in [-0.15, -0.1) is 0 Å². The van der Waals surface area contributed by atoms with Crippen LogP contribution in [0.5, 0.6) is 5.75 Å².